The van der Waals surface area contributed by atoms with Gasteiger partial charge in [-0.3, -0.25) is 0 Å². The number of benzene rings is 6. The molecule has 188 valence electrons. The van der Waals surface area contributed by atoms with Crippen molar-refractivity contribution in [2.24, 2.45) is 7.05 Å². The molecule has 3 heteroatoms. The Hall–Kier alpha value is -5.28. The van der Waals surface area contributed by atoms with E-state index in [1.165, 1.54) is 71.1 Å². The van der Waals surface area contributed by atoms with Crippen molar-refractivity contribution in [3.63, 3.8) is 0 Å². The van der Waals surface area contributed by atoms with Crippen molar-refractivity contribution in [2.75, 3.05) is 0 Å². The fourth-order valence-corrected chi connectivity index (χ4v) is 6.93. The molecule has 0 spiro atoms. The van der Waals surface area contributed by atoms with E-state index in [2.05, 4.69) is 154 Å². The van der Waals surface area contributed by atoms with Crippen molar-refractivity contribution in [2.45, 2.75) is 0 Å². The summed E-state index contributed by atoms with van der Waals surface area (Å²) in [5, 5.41) is 7.66. The number of rotatable bonds is 2. The van der Waals surface area contributed by atoms with E-state index in [0.29, 0.717) is 0 Å². The number of aromatic nitrogens is 3. The lowest BCUT2D eigenvalue weighted by molar-refractivity contribution is 1.01. The Balaban J connectivity index is 1.47. The third-order valence-electron chi connectivity index (χ3n) is 8.63. The Kier molecular flexibility index (Phi) is 4.26. The molecular weight excluding hydrogens is 486 g/mol. The van der Waals surface area contributed by atoms with Gasteiger partial charge in [-0.15, -0.1) is 0 Å². The van der Waals surface area contributed by atoms with Gasteiger partial charge in [0.25, 0.3) is 0 Å². The fourth-order valence-electron chi connectivity index (χ4n) is 6.93. The molecule has 0 N–H and O–H groups in total. The first kappa shape index (κ1) is 21.6. The van der Waals surface area contributed by atoms with Gasteiger partial charge in [0, 0.05) is 56.3 Å². The lowest BCUT2D eigenvalue weighted by atomic mass is 10.1. The zero-order valence-electron chi connectivity index (χ0n) is 22.0. The van der Waals surface area contributed by atoms with Crippen LogP contribution in [-0.2, 0) is 7.05 Å². The Labute approximate surface area is 230 Å². The predicted octanol–water partition coefficient (Wildman–Crippen LogP) is 9.53. The normalized spacial score (nSPS) is 12.1. The summed E-state index contributed by atoms with van der Waals surface area (Å²) in [5.74, 6) is 0. The number of aryl methyl sites for hydroxylation is 1. The molecule has 3 aromatic heterocycles. The minimum atomic E-state index is 1.16. The van der Waals surface area contributed by atoms with E-state index in [0.717, 1.165) is 5.69 Å². The molecule has 0 unspecified atom stereocenters. The van der Waals surface area contributed by atoms with Gasteiger partial charge in [0.05, 0.1) is 27.6 Å². The molecule has 0 aliphatic rings. The monoisotopic (exact) mass is 511 g/mol. The highest BCUT2D eigenvalue weighted by atomic mass is 15.0. The van der Waals surface area contributed by atoms with E-state index in [4.69, 9.17) is 0 Å². The van der Waals surface area contributed by atoms with Crippen LogP contribution in [0.2, 0.25) is 0 Å². The molecular formula is C37H25N3. The Bertz CT molecular complexity index is 2430. The number of para-hydroxylation sites is 4. The second-order valence-electron chi connectivity index (χ2n) is 10.7. The first-order valence-corrected chi connectivity index (χ1v) is 13.8. The minimum Gasteiger partial charge on any atom is -0.342 e. The van der Waals surface area contributed by atoms with Gasteiger partial charge in [0.1, 0.15) is 0 Å². The minimum absolute atomic E-state index is 1.16. The van der Waals surface area contributed by atoms with Crippen LogP contribution in [0.25, 0.3) is 76.8 Å². The molecule has 3 nitrogen and oxygen atoms in total. The van der Waals surface area contributed by atoms with Crippen molar-refractivity contribution >= 4 is 65.4 Å². The summed E-state index contributed by atoms with van der Waals surface area (Å²) in [4.78, 5) is 0. The predicted molar refractivity (Wildman–Crippen MR) is 169 cm³/mol. The van der Waals surface area contributed by atoms with Crippen LogP contribution in [0, 0.1) is 0 Å². The van der Waals surface area contributed by atoms with E-state index >= 15 is 0 Å². The Morgan fingerprint density at radius 2 is 0.850 bits per heavy atom. The van der Waals surface area contributed by atoms with Crippen molar-refractivity contribution in [3.05, 3.63) is 133 Å². The van der Waals surface area contributed by atoms with Crippen molar-refractivity contribution in [1.82, 2.24) is 13.7 Å². The van der Waals surface area contributed by atoms with Crippen LogP contribution < -0.4 is 0 Å². The summed E-state index contributed by atoms with van der Waals surface area (Å²) >= 11 is 0. The molecule has 6 aromatic carbocycles. The standard InChI is InChI=1S/C37H25N3/c1-38-32-16-8-5-14-27(32)30-21-22-31-28-15-7-10-18-34(28)40(37(31)36(30)38)25-19-20-29-26-13-6-9-17-33(26)39(35(29)23-25)24-11-3-2-4-12-24/h2-23H,1H3. The third kappa shape index (κ3) is 2.73. The quantitative estimate of drug-likeness (QED) is 0.219. The average molecular weight is 512 g/mol. The highest BCUT2D eigenvalue weighted by Crippen LogP contribution is 2.41. The molecule has 0 aliphatic heterocycles. The maximum absolute atomic E-state index is 2.47. The zero-order chi connectivity index (χ0) is 26.4. The molecule has 0 radical (unpaired) electrons. The zero-order valence-corrected chi connectivity index (χ0v) is 22.0. The summed E-state index contributed by atoms with van der Waals surface area (Å²) in [6.07, 6.45) is 0. The molecule has 0 saturated carbocycles. The van der Waals surface area contributed by atoms with Gasteiger partial charge in [-0.25, -0.2) is 0 Å². The van der Waals surface area contributed by atoms with E-state index in [-0.39, 0.29) is 0 Å². The van der Waals surface area contributed by atoms with Crippen LogP contribution in [0.5, 0.6) is 0 Å². The summed E-state index contributed by atoms with van der Waals surface area (Å²) in [6.45, 7) is 0. The van der Waals surface area contributed by atoms with Gasteiger partial charge in [0.15, 0.2) is 0 Å². The molecule has 0 atom stereocenters. The van der Waals surface area contributed by atoms with Gasteiger partial charge in [-0.05, 0) is 42.5 Å². The second kappa shape index (κ2) is 7.87. The maximum Gasteiger partial charge on any atom is 0.0785 e. The maximum atomic E-state index is 2.47. The topological polar surface area (TPSA) is 14.8 Å². The Morgan fingerprint density at radius 1 is 0.350 bits per heavy atom. The molecule has 0 fully saturated rings. The van der Waals surface area contributed by atoms with Gasteiger partial charge in [-0.2, -0.15) is 0 Å². The van der Waals surface area contributed by atoms with Gasteiger partial charge in [-0.1, -0.05) is 91.0 Å². The molecule has 0 amide bonds. The average Bonchev–Trinajstić information content (AvgIpc) is 3.63. The first-order chi connectivity index (χ1) is 19.8. The fraction of sp³-hybridized carbons (Fsp3) is 0.0270. The number of hydrogen-bond acceptors (Lipinski definition) is 0. The van der Waals surface area contributed by atoms with Gasteiger partial charge in [0.2, 0.25) is 0 Å². The number of hydrogen-bond donors (Lipinski definition) is 0. The highest BCUT2D eigenvalue weighted by Gasteiger charge is 2.20. The Morgan fingerprint density at radius 3 is 1.57 bits per heavy atom. The lowest BCUT2D eigenvalue weighted by Gasteiger charge is -2.12. The van der Waals surface area contributed by atoms with Crippen LogP contribution in [0.1, 0.15) is 0 Å². The SMILES string of the molecule is Cn1c2ccccc2c2ccc3c4ccccc4n(-c4ccc5c6ccccc6n(-c6ccccc6)c5c4)c3c21. The van der Waals surface area contributed by atoms with Crippen LogP contribution in [0.3, 0.4) is 0 Å². The van der Waals surface area contributed by atoms with Crippen LogP contribution in [0.15, 0.2) is 133 Å². The van der Waals surface area contributed by atoms with Crippen molar-refractivity contribution in [3.8, 4) is 11.4 Å². The van der Waals surface area contributed by atoms with Gasteiger partial charge < -0.3 is 13.7 Å². The van der Waals surface area contributed by atoms with Crippen LogP contribution in [-0.4, -0.2) is 13.7 Å². The van der Waals surface area contributed by atoms with E-state index < -0.39 is 0 Å². The molecule has 0 bridgehead atoms. The van der Waals surface area contributed by atoms with Crippen LogP contribution in [0.4, 0.5) is 0 Å². The summed E-state index contributed by atoms with van der Waals surface area (Å²) in [7, 11) is 2.20. The van der Waals surface area contributed by atoms with E-state index in [1.54, 1.807) is 0 Å². The largest absolute Gasteiger partial charge is 0.342 e. The highest BCUT2D eigenvalue weighted by molar-refractivity contribution is 6.23. The molecule has 9 rings (SSSR count). The molecule has 0 saturated heterocycles. The smallest absolute Gasteiger partial charge is 0.0785 e. The van der Waals surface area contributed by atoms with Crippen molar-refractivity contribution in [1.29, 1.82) is 0 Å². The summed E-state index contributed by atoms with van der Waals surface area (Å²) in [5.41, 5.74) is 9.75. The van der Waals surface area contributed by atoms with E-state index in [9.17, 15) is 0 Å². The number of fused-ring (bicyclic) bond motifs is 10. The number of nitrogens with zero attached hydrogens (tertiary/aromatic N) is 3. The second-order valence-corrected chi connectivity index (χ2v) is 10.7. The summed E-state index contributed by atoms with van der Waals surface area (Å²) < 4.78 is 7.23. The third-order valence-corrected chi connectivity index (χ3v) is 8.63. The first-order valence-electron chi connectivity index (χ1n) is 13.8. The van der Waals surface area contributed by atoms with E-state index in [1.807, 2.05) is 0 Å². The van der Waals surface area contributed by atoms with Crippen molar-refractivity contribution < 1.29 is 0 Å². The summed E-state index contributed by atoms with van der Waals surface area (Å²) in [6, 6.07) is 48.5. The lowest BCUT2D eigenvalue weighted by Crippen LogP contribution is -1.98. The molecule has 40 heavy (non-hydrogen) atoms. The molecule has 9 aromatic rings. The van der Waals surface area contributed by atoms with Gasteiger partial charge >= 0.3 is 0 Å². The molecule has 0 aliphatic carbocycles. The van der Waals surface area contributed by atoms with Crippen LogP contribution >= 0.6 is 0 Å². The molecule has 3 heterocycles.